The lowest BCUT2D eigenvalue weighted by Crippen LogP contribution is -2.37. The Morgan fingerprint density at radius 3 is 2.79 bits per heavy atom. The zero-order chi connectivity index (χ0) is 23.2. The van der Waals surface area contributed by atoms with E-state index in [0.717, 1.165) is 0 Å². The van der Waals surface area contributed by atoms with Gasteiger partial charge in [-0.25, -0.2) is 9.37 Å². The van der Waals surface area contributed by atoms with Crippen molar-refractivity contribution >= 4 is 34.2 Å². The number of halogens is 1. The molecular weight excluding hydrogens is 429 g/mol. The number of nitrogens with one attached hydrogen (secondary N) is 3. The zero-order valence-corrected chi connectivity index (χ0v) is 18.3. The van der Waals surface area contributed by atoms with Crippen LogP contribution in [0.3, 0.4) is 0 Å². The van der Waals surface area contributed by atoms with Crippen LogP contribution >= 0.6 is 0 Å². The highest BCUT2D eigenvalue weighted by Crippen LogP contribution is 2.23. The lowest BCUT2D eigenvalue weighted by Gasteiger charge is -2.27. The second-order valence-electron chi connectivity index (χ2n) is 7.61. The Balaban J connectivity index is 1.46. The van der Waals surface area contributed by atoms with E-state index in [-0.39, 0.29) is 23.8 Å². The molecule has 3 aromatic rings. The molecule has 0 radical (unpaired) electrons. The summed E-state index contributed by atoms with van der Waals surface area (Å²) in [6.45, 7) is 3.78. The number of hydrogen-bond acceptors (Lipinski definition) is 7. The number of carbonyl (C=O) groups is 2. The first kappa shape index (κ1) is 22.6. The number of benzene rings is 1. The van der Waals surface area contributed by atoms with Crippen molar-refractivity contribution in [1.82, 2.24) is 25.4 Å². The van der Waals surface area contributed by atoms with Crippen LogP contribution in [0.15, 0.2) is 36.5 Å². The van der Waals surface area contributed by atoms with Crippen LogP contribution in [0.4, 0.5) is 15.9 Å². The second kappa shape index (κ2) is 10.4. The summed E-state index contributed by atoms with van der Waals surface area (Å²) in [6.07, 6.45) is 1.64. The molecule has 10 nitrogen and oxygen atoms in total. The van der Waals surface area contributed by atoms with Crippen LogP contribution in [-0.4, -0.2) is 73.0 Å². The molecule has 0 aliphatic carbocycles. The molecule has 1 aromatic carbocycles. The summed E-state index contributed by atoms with van der Waals surface area (Å²) < 4.78 is 21.4. The smallest absolute Gasteiger partial charge is 0.274 e. The molecule has 1 saturated heterocycles. The molecule has 4 rings (SSSR count). The predicted octanol–water partition coefficient (Wildman–Crippen LogP) is 0.995. The van der Waals surface area contributed by atoms with Gasteiger partial charge in [0.15, 0.2) is 0 Å². The van der Waals surface area contributed by atoms with Gasteiger partial charge in [0.05, 0.1) is 24.4 Å². The monoisotopic (exact) mass is 455 g/mol. The maximum Gasteiger partial charge on any atom is 0.274 e. The van der Waals surface area contributed by atoms with Crippen LogP contribution in [0.25, 0.3) is 10.9 Å². The highest BCUT2D eigenvalue weighted by Gasteiger charge is 2.17. The largest absolute Gasteiger partial charge is 0.378 e. The van der Waals surface area contributed by atoms with Crippen molar-refractivity contribution in [2.24, 2.45) is 0 Å². The van der Waals surface area contributed by atoms with Crippen molar-refractivity contribution in [3.05, 3.63) is 48.0 Å². The Labute approximate surface area is 190 Å². The summed E-state index contributed by atoms with van der Waals surface area (Å²) in [5.41, 5.74) is 0.595. The predicted molar refractivity (Wildman–Crippen MR) is 122 cm³/mol. The summed E-state index contributed by atoms with van der Waals surface area (Å²) >= 11 is 0. The van der Waals surface area contributed by atoms with Crippen molar-refractivity contribution in [3.8, 4) is 0 Å². The third-order valence-corrected chi connectivity index (χ3v) is 5.19. The SMILES string of the molecule is CNCCNC(=O)Cn1cc2cc(NC(=O)c3cccc(N4CCOCC4)n3)c(F)cc2n1. The Morgan fingerprint density at radius 1 is 1.18 bits per heavy atom. The van der Waals surface area contributed by atoms with Crippen LogP contribution in [-0.2, 0) is 16.1 Å². The fraction of sp³-hybridized carbons (Fsp3) is 0.364. The number of fused-ring (bicyclic) bond motifs is 1. The zero-order valence-electron chi connectivity index (χ0n) is 18.3. The van der Waals surface area contributed by atoms with E-state index < -0.39 is 11.7 Å². The van der Waals surface area contributed by atoms with Gasteiger partial charge in [-0.05, 0) is 25.2 Å². The molecule has 2 aromatic heterocycles. The first-order valence-electron chi connectivity index (χ1n) is 10.7. The molecule has 0 atom stereocenters. The molecule has 174 valence electrons. The van der Waals surface area contributed by atoms with E-state index in [4.69, 9.17) is 4.74 Å². The Kier molecular flexibility index (Phi) is 7.10. The number of rotatable bonds is 8. The molecule has 3 heterocycles. The summed E-state index contributed by atoms with van der Waals surface area (Å²) in [7, 11) is 1.80. The van der Waals surface area contributed by atoms with Crippen LogP contribution in [0.2, 0.25) is 0 Å². The number of morpholine rings is 1. The van der Waals surface area contributed by atoms with Crippen LogP contribution in [0, 0.1) is 5.82 Å². The third-order valence-electron chi connectivity index (χ3n) is 5.19. The van der Waals surface area contributed by atoms with Gasteiger partial charge in [0, 0.05) is 43.8 Å². The van der Waals surface area contributed by atoms with Gasteiger partial charge in [0.1, 0.15) is 23.9 Å². The molecule has 2 amide bonds. The average molecular weight is 455 g/mol. The summed E-state index contributed by atoms with van der Waals surface area (Å²) in [4.78, 5) is 31.2. The Hall–Kier alpha value is -3.57. The molecule has 1 aliphatic heterocycles. The van der Waals surface area contributed by atoms with E-state index in [1.807, 2.05) is 11.0 Å². The highest BCUT2D eigenvalue weighted by molar-refractivity contribution is 6.04. The van der Waals surface area contributed by atoms with E-state index in [0.29, 0.717) is 56.1 Å². The molecule has 33 heavy (non-hydrogen) atoms. The fourth-order valence-corrected chi connectivity index (χ4v) is 3.51. The molecule has 0 unspecified atom stereocenters. The number of pyridine rings is 1. The van der Waals surface area contributed by atoms with Crippen molar-refractivity contribution in [3.63, 3.8) is 0 Å². The molecule has 3 N–H and O–H groups in total. The van der Waals surface area contributed by atoms with E-state index in [1.165, 1.54) is 16.8 Å². The van der Waals surface area contributed by atoms with Gasteiger partial charge in [-0.15, -0.1) is 0 Å². The number of ether oxygens (including phenoxy) is 1. The van der Waals surface area contributed by atoms with E-state index in [2.05, 4.69) is 26.0 Å². The Morgan fingerprint density at radius 2 is 2.00 bits per heavy atom. The fourth-order valence-electron chi connectivity index (χ4n) is 3.51. The van der Waals surface area contributed by atoms with Gasteiger partial charge in [-0.2, -0.15) is 5.10 Å². The normalized spacial score (nSPS) is 13.8. The van der Waals surface area contributed by atoms with Gasteiger partial charge in [0.2, 0.25) is 5.91 Å². The minimum atomic E-state index is -0.621. The van der Waals surface area contributed by atoms with Crippen molar-refractivity contribution in [2.45, 2.75) is 6.54 Å². The molecular formula is C22H26FN7O3. The molecule has 11 heteroatoms. The van der Waals surface area contributed by atoms with E-state index >= 15 is 0 Å². The molecule has 0 saturated carbocycles. The quantitative estimate of drug-likeness (QED) is 0.434. The topological polar surface area (TPSA) is 113 Å². The molecule has 1 fully saturated rings. The maximum atomic E-state index is 14.7. The molecule has 1 aliphatic rings. The summed E-state index contributed by atoms with van der Waals surface area (Å²) in [5, 5.41) is 13.1. The lowest BCUT2D eigenvalue weighted by molar-refractivity contribution is -0.121. The van der Waals surface area contributed by atoms with Gasteiger partial charge in [0.25, 0.3) is 5.91 Å². The standard InChI is InChI=1S/C22H26FN7O3/c1-24-5-6-25-21(31)14-30-13-15-11-19(16(23)12-18(15)28-30)27-22(32)17-3-2-4-20(26-17)29-7-9-33-10-8-29/h2-4,11-13,24H,5-10,14H2,1H3,(H,25,31)(H,27,32). The minimum absolute atomic E-state index is 0.0138. The maximum absolute atomic E-state index is 14.7. The second-order valence-corrected chi connectivity index (χ2v) is 7.61. The first-order valence-corrected chi connectivity index (χ1v) is 10.7. The molecule has 0 bridgehead atoms. The number of hydrogen-bond donors (Lipinski definition) is 3. The highest BCUT2D eigenvalue weighted by atomic mass is 19.1. The first-order chi connectivity index (χ1) is 16.0. The summed E-state index contributed by atoms with van der Waals surface area (Å²) in [5.74, 6) is -0.655. The number of anilines is 2. The number of nitrogens with zero attached hydrogens (tertiary/aromatic N) is 4. The van der Waals surface area contributed by atoms with Crippen LogP contribution in [0.5, 0.6) is 0 Å². The Bertz CT molecular complexity index is 1140. The third kappa shape index (κ3) is 5.62. The van der Waals surface area contributed by atoms with Gasteiger partial charge < -0.3 is 25.6 Å². The lowest BCUT2D eigenvalue weighted by atomic mass is 10.2. The van der Waals surface area contributed by atoms with Gasteiger partial charge in [-0.3, -0.25) is 14.3 Å². The van der Waals surface area contributed by atoms with Crippen LogP contribution < -0.4 is 20.9 Å². The van der Waals surface area contributed by atoms with Crippen molar-refractivity contribution in [2.75, 3.05) is 56.7 Å². The summed E-state index contributed by atoms with van der Waals surface area (Å²) in [6, 6.07) is 7.89. The minimum Gasteiger partial charge on any atom is -0.378 e. The number of amides is 2. The van der Waals surface area contributed by atoms with Gasteiger partial charge in [-0.1, -0.05) is 6.07 Å². The van der Waals surface area contributed by atoms with Crippen molar-refractivity contribution in [1.29, 1.82) is 0 Å². The number of aromatic nitrogens is 3. The van der Waals surface area contributed by atoms with Crippen LogP contribution in [0.1, 0.15) is 10.5 Å². The van der Waals surface area contributed by atoms with Crippen molar-refractivity contribution < 1.29 is 18.7 Å². The number of likely N-dealkylation sites (N-methyl/N-ethyl adjacent to an activating group) is 1. The molecule has 0 spiro atoms. The average Bonchev–Trinajstić information content (AvgIpc) is 3.20. The van der Waals surface area contributed by atoms with E-state index in [1.54, 1.807) is 25.4 Å². The van der Waals surface area contributed by atoms with Gasteiger partial charge >= 0.3 is 0 Å². The number of carbonyl (C=O) groups excluding carboxylic acids is 2. The van der Waals surface area contributed by atoms with E-state index in [9.17, 15) is 14.0 Å².